The maximum Gasteiger partial charge on any atom is 0.269 e. The van der Waals surface area contributed by atoms with Crippen LogP contribution >= 0.6 is 0 Å². The summed E-state index contributed by atoms with van der Waals surface area (Å²) in [5.74, 6) is 0.274. The number of nitrogens with one attached hydrogen (secondary N) is 2. The molecule has 2 aromatic carbocycles. The summed E-state index contributed by atoms with van der Waals surface area (Å²) >= 11 is 0. The molecule has 3 heterocycles. The fraction of sp³-hybridized carbons (Fsp3) is 0.300. The summed E-state index contributed by atoms with van der Waals surface area (Å²) < 4.78 is 30.4. The topological polar surface area (TPSA) is 113 Å². The molecule has 0 spiro atoms. The molecule has 0 fully saturated rings. The molecule has 42 heavy (non-hydrogen) atoms. The zero-order valence-electron chi connectivity index (χ0n) is 25.0. The third-order valence-corrected chi connectivity index (χ3v) is 8.85. The number of rotatable bonds is 10. The smallest absolute Gasteiger partial charge is 0.269 e. The van der Waals surface area contributed by atoms with Gasteiger partial charge in [-0.05, 0) is 64.3 Å². The Bertz CT molecular complexity index is 1840. The monoisotopic (exact) mass is 587 g/mol. The summed E-state index contributed by atoms with van der Waals surface area (Å²) in [5.41, 5.74) is 6.19. The van der Waals surface area contributed by atoms with Gasteiger partial charge in [0.05, 0.1) is 27.7 Å². The fourth-order valence-electron chi connectivity index (χ4n) is 4.85. The highest BCUT2D eigenvalue weighted by molar-refractivity contribution is 7.90. The van der Waals surface area contributed by atoms with Gasteiger partial charge in [-0.1, -0.05) is 17.7 Å². The molecule has 0 aliphatic rings. The van der Waals surface area contributed by atoms with Crippen LogP contribution in [0.3, 0.4) is 0 Å². The zero-order valence-corrected chi connectivity index (χ0v) is 25.9. The van der Waals surface area contributed by atoms with E-state index >= 15 is 0 Å². The molecule has 220 valence electrons. The van der Waals surface area contributed by atoms with Gasteiger partial charge in [0.2, 0.25) is 5.95 Å². The summed E-state index contributed by atoms with van der Waals surface area (Å²) in [6.07, 6.45) is 3.41. The van der Waals surface area contributed by atoms with E-state index in [4.69, 9.17) is 9.97 Å². The first-order chi connectivity index (χ1) is 20.0. The molecule has 0 amide bonds. The highest BCUT2D eigenvalue weighted by Crippen LogP contribution is 2.34. The summed E-state index contributed by atoms with van der Waals surface area (Å²) in [6.45, 7) is 5.62. The lowest BCUT2D eigenvalue weighted by atomic mass is 10.1. The number of aryl methyl sites for hydroxylation is 3. The first-order valence-corrected chi connectivity index (χ1v) is 15.1. The van der Waals surface area contributed by atoms with Crippen molar-refractivity contribution in [3.8, 4) is 11.3 Å². The Morgan fingerprint density at radius 3 is 2.33 bits per heavy atom. The molecular formula is C30H37N9O2S. The van der Waals surface area contributed by atoms with Gasteiger partial charge in [0, 0.05) is 63.3 Å². The van der Waals surface area contributed by atoms with Crippen molar-refractivity contribution in [2.75, 3.05) is 56.8 Å². The normalized spacial score (nSPS) is 11.8. The molecule has 5 aromatic rings. The Kier molecular flexibility index (Phi) is 7.93. The average Bonchev–Trinajstić information content (AvgIpc) is 3.54. The Morgan fingerprint density at radius 2 is 1.69 bits per heavy atom. The Balaban J connectivity index is 1.61. The second-order valence-electron chi connectivity index (χ2n) is 10.7. The van der Waals surface area contributed by atoms with Crippen LogP contribution in [0.5, 0.6) is 0 Å². The summed E-state index contributed by atoms with van der Waals surface area (Å²) in [4.78, 5) is 14.1. The minimum atomic E-state index is -3.91. The van der Waals surface area contributed by atoms with Crippen LogP contribution in [0.1, 0.15) is 11.3 Å². The SMILES string of the molecule is CNc1cc(Nc2nc(-c3cn(C)nc3C)c3ccn(S(=O)(=O)c4ccc(C)cc4)c3n2)ccc1N(C)CCN(C)C. The molecule has 2 N–H and O–H groups in total. The first-order valence-electron chi connectivity index (χ1n) is 13.6. The van der Waals surface area contributed by atoms with Gasteiger partial charge < -0.3 is 20.4 Å². The highest BCUT2D eigenvalue weighted by Gasteiger charge is 2.24. The van der Waals surface area contributed by atoms with Gasteiger partial charge in [-0.3, -0.25) is 4.68 Å². The van der Waals surface area contributed by atoms with Crippen molar-refractivity contribution in [3.05, 3.63) is 72.2 Å². The van der Waals surface area contributed by atoms with Gasteiger partial charge in [0.1, 0.15) is 0 Å². The van der Waals surface area contributed by atoms with E-state index in [9.17, 15) is 8.42 Å². The molecule has 0 bridgehead atoms. The van der Waals surface area contributed by atoms with Crippen LogP contribution in [-0.2, 0) is 17.1 Å². The van der Waals surface area contributed by atoms with Gasteiger partial charge in [-0.15, -0.1) is 0 Å². The maximum absolute atomic E-state index is 13.7. The van der Waals surface area contributed by atoms with Crippen LogP contribution in [0.4, 0.5) is 23.0 Å². The molecule has 3 aromatic heterocycles. The van der Waals surface area contributed by atoms with Crippen molar-refractivity contribution in [3.63, 3.8) is 0 Å². The zero-order chi connectivity index (χ0) is 30.2. The van der Waals surface area contributed by atoms with E-state index in [0.717, 1.165) is 47.0 Å². The summed E-state index contributed by atoms with van der Waals surface area (Å²) in [5, 5.41) is 11.7. The van der Waals surface area contributed by atoms with E-state index in [1.54, 1.807) is 35.0 Å². The number of aromatic nitrogens is 5. The van der Waals surface area contributed by atoms with E-state index in [1.807, 2.05) is 52.3 Å². The Morgan fingerprint density at radius 1 is 0.952 bits per heavy atom. The van der Waals surface area contributed by atoms with Crippen LogP contribution in [-0.4, -0.2) is 78.3 Å². The number of anilines is 4. The third kappa shape index (κ3) is 5.68. The van der Waals surface area contributed by atoms with E-state index in [1.165, 1.54) is 10.2 Å². The summed E-state index contributed by atoms with van der Waals surface area (Å²) in [6, 6.07) is 14.5. The lowest BCUT2D eigenvalue weighted by molar-refractivity contribution is 0.416. The Hall–Kier alpha value is -4.42. The predicted octanol–water partition coefficient (Wildman–Crippen LogP) is 4.47. The highest BCUT2D eigenvalue weighted by atomic mass is 32.2. The van der Waals surface area contributed by atoms with Crippen molar-refractivity contribution in [2.45, 2.75) is 18.7 Å². The van der Waals surface area contributed by atoms with Crippen molar-refractivity contribution in [1.29, 1.82) is 0 Å². The number of nitrogens with zero attached hydrogens (tertiary/aromatic N) is 7. The maximum atomic E-state index is 13.7. The minimum absolute atomic E-state index is 0.186. The van der Waals surface area contributed by atoms with Crippen LogP contribution in [0.25, 0.3) is 22.3 Å². The Labute approximate surface area is 246 Å². The van der Waals surface area contributed by atoms with E-state index in [0.29, 0.717) is 11.1 Å². The molecule has 0 aliphatic carbocycles. The van der Waals surface area contributed by atoms with E-state index < -0.39 is 10.0 Å². The van der Waals surface area contributed by atoms with E-state index in [-0.39, 0.29) is 16.5 Å². The molecule has 0 aliphatic heterocycles. The van der Waals surface area contributed by atoms with Crippen LogP contribution in [0.2, 0.25) is 0 Å². The van der Waals surface area contributed by atoms with Gasteiger partial charge in [0.25, 0.3) is 10.0 Å². The molecule has 5 rings (SSSR count). The lowest BCUT2D eigenvalue weighted by Crippen LogP contribution is -2.28. The van der Waals surface area contributed by atoms with E-state index in [2.05, 4.69) is 46.7 Å². The quantitative estimate of drug-likeness (QED) is 0.244. The summed E-state index contributed by atoms with van der Waals surface area (Å²) in [7, 11) is 6.00. The molecule has 11 nitrogen and oxygen atoms in total. The standard InChI is InChI=1S/C30H37N9O2S/c1-20-8-11-23(12-9-20)42(40,41)39-15-14-24-28(25-19-38(7)35-21(25)2)33-30(34-29(24)39)32-22-10-13-27(26(18-22)31-3)37(6)17-16-36(4)5/h8-15,18-19,31H,16-17H2,1-7H3,(H,32,33,34). The number of fused-ring (bicyclic) bond motifs is 1. The van der Waals surface area contributed by atoms with Crippen LogP contribution < -0.4 is 15.5 Å². The van der Waals surface area contributed by atoms with Crippen LogP contribution in [0.15, 0.2) is 65.8 Å². The van der Waals surface area contributed by atoms with Gasteiger partial charge >= 0.3 is 0 Å². The predicted molar refractivity (Wildman–Crippen MR) is 169 cm³/mol. The molecule has 0 unspecified atom stereocenters. The van der Waals surface area contributed by atoms with Gasteiger partial charge in [-0.2, -0.15) is 10.1 Å². The second kappa shape index (κ2) is 11.5. The second-order valence-corrected chi connectivity index (χ2v) is 12.5. The third-order valence-electron chi connectivity index (χ3n) is 7.17. The first kappa shape index (κ1) is 29.1. The van der Waals surface area contributed by atoms with Gasteiger partial charge in [0.15, 0.2) is 5.65 Å². The largest absolute Gasteiger partial charge is 0.386 e. The number of hydrogen-bond acceptors (Lipinski definition) is 9. The molecule has 12 heteroatoms. The van der Waals surface area contributed by atoms with Crippen molar-refractivity contribution < 1.29 is 8.42 Å². The number of benzene rings is 2. The van der Waals surface area contributed by atoms with Crippen molar-refractivity contribution >= 4 is 44.1 Å². The van der Waals surface area contributed by atoms with Crippen LogP contribution in [0, 0.1) is 13.8 Å². The van der Waals surface area contributed by atoms with Crippen molar-refractivity contribution in [2.24, 2.45) is 7.05 Å². The number of hydrogen-bond donors (Lipinski definition) is 2. The lowest BCUT2D eigenvalue weighted by Gasteiger charge is -2.24. The molecular weight excluding hydrogens is 550 g/mol. The molecule has 0 radical (unpaired) electrons. The molecule has 0 saturated carbocycles. The minimum Gasteiger partial charge on any atom is -0.386 e. The fourth-order valence-corrected chi connectivity index (χ4v) is 6.14. The molecule has 0 saturated heterocycles. The average molecular weight is 588 g/mol. The molecule has 0 atom stereocenters. The van der Waals surface area contributed by atoms with Gasteiger partial charge in [-0.25, -0.2) is 17.4 Å². The van der Waals surface area contributed by atoms with Crippen molar-refractivity contribution in [1.82, 2.24) is 28.6 Å². The number of likely N-dealkylation sites (N-methyl/N-ethyl adjacent to an activating group) is 2.